The first-order valence-corrected chi connectivity index (χ1v) is 7.87. The van der Waals surface area contributed by atoms with E-state index < -0.39 is 0 Å². The highest BCUT2D eigenvalue weighted by atomic mass is 35.5. The largest absolute Gasteiger partial charge is 0.495 e. The van der Waals surface area contributed by atoms with Crippen molar-refractivity contribution in [1.82, 2.24) is 9.97 Å². The molecule has 4 rings (SSSR count). The molecule has 1 N–H and O–H groups in total. The second kappa shape index (κ2) is 5.02. The number of hydrogen-bond donors (Lipinski definition) is 1. The van der Waals surface area contributed by atoms with E-state index in [1.807, 2.05) is 18.3 Å². The third-order valence-corrected chi connectivity index (χ3v) is 5.18. The summed E-state index contributed by atoms with van der Waals surface area (Å²) in [4.78, 5) is 9.12. The number of benzene rings is 1. The van der Waals surface area contributed by atoms with Gasteiger partial charge in [0.2, 0.25) is 0 Å². The summed E-state index contributed by atoms with van der Waals surface area (Å²) in [6.45, 7) is 0. The fourth-order valence-electron chi connectivity index (χ4n) is 3.85. The van der Waals surface area contributed by atoms with Crippen LogP contribution in [-0.2, 0) is 0 Å². The zero-order valence-corrected chi connectivity index (χ0v) is 12.7. The van der Waals surface area contributed by atoms with E-state index in [1.165, 1.54) is 25.7 Å². The van der Waals surface area contributed by atoms with Gasteiger partial charge in [-0.15, -0.1) is 0 Å². The van der Waals surface area contributed by atoms with Gasteiger partial charge in [-0.1, -0.05) is 18.0 Å². The molecule has 0 spiro atoms. The lowest BCUT2D eigenvalue weighted by atomic mass is 9.95. The maximum Gasteiger partial charge on any atom is 0.145 e. The van der Waals surface area contributed by atoms with Crippen molar-refractivity contribution in [3.63, 3.8) is 0 Å². The minimum Gasteiger partial charge on any atom is -0.495 e. The number of anilines is 1. The Bertz CT molecular complexity index is 691. The normalized spacial score (nSPS) is 27.2. The minimum atomic E-state index is 0.559. The second-order valence-electron chi connectivity index (χ2n) is 6.16. The molecule has 1 aromatic carbocycles. The van der Waals surface area contributed by atoms with Crippen LogP contribution in [0.1, 0.15) is 25.7 Å². The number of nitrogens with one attached hydrogen (secondary N) is 1. The van der Waals surface area contributed by atoms with Crippen LogP contribution in [0.3, 0.4) is 0 Å². The molecule has 2 fully saturated rings. The van der Waals surface area contributed by atoms with Gasteiger partial charge in [0.25, 0.3) is 0 Å². The van der Waals surface area contributed by atoms with Gasteiger partial charge in [0.05, 0.1) is 29.4 Å². The Morgan fingerprint density at radius 1 is 1.24 bits per heavy atom. The zero-order valence-electron chi connectivity index (χ0n) is 12.0. The standard InChI is InChI=1S/C16H18ClN3O/c1-21-15-7-13-14(6-11(15)17)20-16(8-18-13)19-12-5-9-2-3-10(12)4-9/h6-10,12H,2-5H2,1H3,(H,19,20). The summed E-state index contributed by atoms with van der Waals surface area (Å²) in [7, 11) is 1.60. The first-order chi connectivity index (χ1) is 10.2. The lowest BCUT2D eigenvalue weighted by Crippen LogP contribution is -2.26. The summed E-state index contributed by atoms with van der Waals surface area (Å²) in [5.41, 5.74) is 1.60. The van der Waals surface area contributed by atoms with E-state index in [2.05, 4.69) is 15.3 Å². The van der Waals surface area contributed by atoms with Gasteiger partial charge in [-0.05, 0) is 37.2 Å². The van der Waals surface area contributed by atoms with Crippen LogP contribution in [0, 0.1) is 11.8 Å². The van der Waals surface area contributed by atoms with Crippen molar-refractivity contribution >= 4 is 28.5 Å². The summed E-state index contributed by atoms with van der Waals surface area (Å²) < 4.78 is 5.21. The van der Waals surface area contributed by atoms with Gasteiger partial charge in [0.1, 0.15) is 11.6 Å². The van der Waals surface area contributed by atoms with Gasteiger partial charge >= 0.3 is 0 Å². The summed E-state index contributed by atoms with van der Waals surface area (Å²) in [5.74, 6) is 3.21. The van der Waals surface area contributed by atoms with Crippen molar-refractivity contribution in [1.29, 1.82) is 0 Å². The van der Waals surface area contributed by atoms with Gasteiger partial charge < -0.3 is 10.1 Å². The molecule has 2 saturated carbocycles. The average molecular weight is 304 g/mol. The maximum atomic E-state index is 6.16. The second-order valence-corrected chi connectivity index (χ2v) is 6.56. The van der Waals surface area contributed by atoms with Crippen molar-refractivity contribution in [2.45, 2.75) is 31.7 Å². The van der Waals surface area contributed by atoms with E-state index in [4.69, 9.17) is 16.3 Å². The third-order valence-electron chi connectivity index (χ3n) is 4.89. The van der Waals surface area contributed by atoms with Crippen LogP contribution in [0.15, 0.2) is 18.3 Å². The molecule has 2 bridgehead atoms. The summed E-state index contributed by atoms with van der Waals surface area (Å²) in [5, 5.41) is 4.13. The van der Waals surface area contributed by atoms with Gasteiger partial charge in [-0.25, -0.2) is 4.98 Å². The monoisotopic (exact) mass is 303 g/mol. The van der Waals surface area contributed by atoms with E-state index in [1.54, 1.807) is 7.11 Å². The minimum absolute atomic E-state index is 0.559. The number of nitrogens with zero attached hydrogens (tertiary/aromatic N) is 2. The SMILES string of the molecule is COc1cc2ncc(NC3CC4CCC3C4)nc2cc1Cl. The smallest absolute Gasteiger partial charge is 0.145 e. The molecule has 5 heteroatoms. The number of ether oxygens (including phenoxy) is 1. The number of halogens is 1. The molecular formula is C16H18ClN3O. The van der Waals surface area contributed by atoms with Crippen LogP contribution in [0.5, 0.6) is 5.75 Å². The molecular weight excluding hydrogens is 286 g/mol. The molecule has 0 radical (unpaired) electrons. The molecule has 1 aromatic heterocycles. The summed E-state index contributed by atoms with van der Waals surface area (Å²) in [6, 6.07) is 4.20. The van der Waals surface area contributed by atoms with Crippen molar-refractivity contribution in [2.24, 2.45) is 11.8 Å². The summed E-state index contributed by atoms with van der Waals surface area (Å²) in [6.07, 6.45) is 7.21. The molecule has 0 saturated heterocycles. The van der Waals surface area contributed by atoms with E-state index in [0.29, 0.717) is 16.8 Å². The topological polar surface area (TPSA) is 47.0 Å². The zero-order chi connectivity index (χ0) is 14.4. The number of fused-ring (bicyclic) bond motifs is 3. The van der Waals surface area contributed by atoms with Crippen LogP contribution in [-0.4, -0.2) is 23.1 Å². The number of hydrogen-bond acceptors (Lipinski definition) is 4. The number of rotatable bonds is 3. The van der Waals surface area contributed by atoms with Gasteiger partial charge in [-0.3, -0.25) is 4.98 Å². The Balaban J connectivity index is 1.61. The van der Waals surface area contributed by atoms with Crippen molar-refractivity contribution in [3.8, 4) is 5.75 Å². The van der Waals surface area contributed by atoms with E-state index in [9.17, 15) is 0 Å². The lowest BCUT2D eigenvalue weighted by Gasteiger charge is -2.23. The molecule has 21 heavy (non-hydrogen) atoms. The van der Waals surface area contributed by atoms with Gasteiger partial charge in [0, 0.05) is 12.1 Å². The molecule has 0 amide bonds. The fraction of sp³-hybridized carbons (Fsp3) is 0.500. The predicted molar refractivity (Wildman–Crippen MR) is 84.0 cm³/mol. The Labute approximate surface area is 128 Å². The van der Waals surface area contributed by atoms with Crippen LogP contribution in [0.4, 0.5) is 5.82 Å². The predicted octanol–water partition coefficient (Wildman–Crippen LogP) is 3.89. The molecule has 1 heterocycles. The molecule has 3 atom stereocenters. The number of aromatic nitrogens is 2. The molecule has 0 aliphatic heterocycles. The Hall–Kier alpha value is -1.55. The molecule has 110 valence electrons. The molecule has 2 aliphatic rings. The lowest BCUT2D eigenvalue weighted by molar-refractivity contribution is 0.415. The van der Waals surface area contributed by atoms with Crippen LogP contribution >= 0.6 is 11.6 Å². The highest BCUT2D eigenvalue weighted by Gasteiger charge is 2.39. The first kappa shape index (κ1) is 13.1. The van der Waals surface area contributed by atoms with Crippen molar-refractivity contribution < 1.29 is 4.74 Å². The van der Waals surface area contributed by atoms with Crippen molar-refractivity contribution in [2.75, 3.05) is 12.4 Å². The molecule has 2 aliphatic carbocycles. The van der Waals surface area contributed by atoms with E-state index in [-0.39, 0.29) is 0 Å². The van der Waals surface area contributed by atoms with Gasteiger partial charge in [0.15, 0.2) is 0 Å². The van der Waals surface area contributed by atoms with Crippen LogP contribution in [0.2, 0.25) is 5.02 Å². The average Bonchev–Trinajstić information content (AvgIpc) is 3.09. The van der Waals surface area contributed by atoms with Crippen LogP contribution < -0.4 is 10.1 Å². The Kier molecular flexibility index (Phi) is 3.14. The maximum absolute atomic E-state index is 6.16. The van der Waals surface area contributed by atoms with E-state index >= 15 is 0 Å². The Morgan fingerprint density at radius 3 is 2.86 bits per heavy atom. The third kappa shape index (κ3) is 2.31. The van der Waals surface area contributed by atoms with Crippen molar-refractivity contribution in [3.05, 3.63) is 23.4 Å². The Morgan fingerprint density at radius 2 is 2.14 bits per heavy atom. The summed E-state index contributed by atoms with van der Waals surface area (Å²) >= 11 is 6.16. The molecule has 2 aromatic rings. The number of methoxy groups -OCH3 is 1. The highest BCUT2D eigenvalue weighted by molar-refractivity contribution is 6.32. The first-order valence-electron chi connectivity index (χ1n) is 7.50. The van der Waals surface area contributed by atoms with E-state index in [0.717, 1.165) is 28.7 Å². The quantitative estimate of drug-likeness (QED) is 0.934. The van der Waals surface area contributed by atoms with Gasteiger partial charge in [-0.2, -0.15) is 0 Å². The molecule has 4 nitrogen and oxygen atoms in total. The molecule has 3 unspecified atom stereocenters. The van der Waals surface area contributed by atoms with Crippen LogP contribution in [0.25, 0.3) is 11.0 Å². The fourth-order valence-corrected chi connectivity index (χ4v) is 4.09. The highest BCUT2D eigenvalue weighted by Crippen LogP contribution is 2.45.